The van der Waals surface area contributed by atoms with E-state index in [1.807, 2.05) is 0 Å². The Kier molecular flexibility index (Phi) is 4.30. The molecule has 2 heterocycles. The van der Waals surface area contributed by atoms with E-state index in [0.717, 1.165) is 5.56 Å². The average Bonchev–Trinajstić information content (AvgIpc) is 2.60. The lowest BCUT2D eigenvalue weighted by molar-refractivity contribution is 0.0922. The summed E-state index contributed by atoms with van der Waals surface area (Å²) < 4.78 is 27.6. The molecule has 7 heteroatoms. The lowest BCUT2D eigenvalue weighted by Gasteiger charge is -2.28. The second-order valence-corrected chi connectivity index (χ2v) is 6.91. The molecule has 0 aliphatic carbocycles. The average molecular weight is 380 g/mol. The van der Waals surface area contributed by atoms with Crippen LogP contribution in [0.5, 0.6) is 0 Å². The molecule has 0 bridgehead atoms. The van der Waals surface area contributed by atoms with Crippen LogP contribution in [0.1, 0.15) is 38.9 Å². The van der Waals surface area contributed by atoms with Crippen LogP contribution >= 0.6 is 0 Å². The van der Waals surface area contributed by atoms with Gasteiger partial charge in [0.05, 0.1) is 23.0 Å². The first-order valence-electron chi connectivity index (χ1n) is 8.83. The highest BCUT2D eigenvalue weighted by Gasteiger charge is 2.30. The molecular weight excluding hydrogens is 362 g/mol. The summed E-state index contributed by atoms with van der Waals surface area (Å²) in [4.78, 5) is 21.0. The minimum absolute atomic E-state index is 0.110. The molecule has 0 saturated carbocycles. The van der Waals surface area contributed by atoms with Crippen molar-refractivity contribution in [3.63, 3.8) is 0 Å². The number of aromatic nitrogens is 2. The van der Waals surface area contributed by atoms with E-state index in [4.69, 9.17) is 5.73 Å². The van der Waals surface area contributed by atoms with Crippen molar-refractivity contribution in [2.75, 3.05) is 5.73 Å². The minimum atomic E-state index is -0.422. The first kappa shape index (κ1) is 18.0. The van der Waals surface area contributed by atoms with Gasteiger partial charge in [-0.3, -0.25) is 4.79 Å². The summed E-state index contributed by atoms with van der Waals surface area (Å²) in [7, 11) is 0. The first-order chi connectivity index (χ1) is 13.3. The number of hydrogen-bond donors (Lipinski definition) is 2. The van der Waals surface area contributed by atoms with Gasteiger partial charge >= 0.3 is 0 Å². The van der Waals surface area contributed by atoms with Crippen LogP contribution in [0.25, 0.3) is 11.1 Å². The molecule has 28 heavy (non-hydrogen) atoms. The van der Waals surface area contributed by atoms with Gasteiger partial charge in [-0.15, -0.1) is 0 Å². The predicted octanol–water partition coefficient (Wildman–Crippen LogP) is 3.65. The Hall–Kier alpha value is -3.35. The molecule has 4 rings (SSSR count). The van der Waals surface area contributed by atoms with Crippen molar-refractivity contribution in [1.29, 1.82) is 0 Å². The number of rotatable bonds is 2. The second kappa shape index (κ2) is 6.67. The minimum Gasteiger partial charge on any atom is -0.368 e. The van der Waals surface area contributed by atoms with Gasteiger partial charge in [-0.1, -0.05) is 12.1 Å². The highest BCUT2D eigenvalue weighted by atomic mass is 19.1. The van der Waals surface area contributed by atoms with Crippen LogP contribution in [0.4, 0.5) is 14.7 Å². The predicted molar refractivity (Wildman–Crippen MR) is 102 cm³/mol. The number of nitrogens with two attached hydrogens (primary N) is 1. The van der Waals surface area contributed by atoms with Gasteiger partial charge in [0, 0.05) is 6.42 Å². The van der Waals surface area contributed by atoms with Crippen LogP contribution in [0.2, 0.25) is 0 Å². The molecule has 5 nitrogen and oxygen atoms in total. The van der Waals surface area contributed by atoms with Crippen LogP contribution in [0.15, 0.2) is 36.4 Å². The fourth-order valence-electron chi connectivity index (χ4n) is 3.76. The maximum atomic E-state index is 14.0. The number of amides is 1. The molecule has 1 aliphatic rings. The number of carbonyl (C=O) groups is 1. The van der Waals surface area contributed by atoms with E-state index < -0.39 is 11.9 Å². The molecule has 1 aromatic heterocycles. The summed E-state index contributed by atoms with van der Waals surface area (Å²) in [6, 6.07) is 8.32. The summed E-state index contributed by atoms with van der Waals surface area (Å²) in [5.41, 5.74) is 9.96. The third kappa shape index (κ3) is 3.09. The Bertz CT molecular complexity index is 1110. The fraction of sp³-hybridized carbons (Fsp3) is 0.190. The second-order valence-electron chi connectivity index (χ2n) is 6.91. The van der Waals surface area contributed by atoms with Crippen molar-refractivity contribution in [2.45, 2.75) is 26.3 Å². The summed E-state index contributed by atoms with van der Waals surface area (Å²) >= 11 is 0. The number of benzene rings is 2. The van der Waals surface area contributed by atoms with Gasteiger partial charge in [-0.25, -0.2) is 18.7 Å². The maximum Gasteiger partial charge on any atom is 0.255 e. The Morgan fingerprint density at radius 1 is 1.04 bits per heavy atom. The Balaban J connectivity index is 1.83. The van der Waals surface area contributed by atoms with Crippen molar-refractivity contribution in [3.05, 3.63) is 76.1 Å². The van der Waals surface area contributed by atoms with Crippen LogP contribution in [-0.4, -0.2) is 15.9 Å². The Labute approximate surface area is 160 Å². The van der Waals surface area contributed by atoms with Crippen LogP contribution in [0, 0.1) is 25.5 Å². The van der Waals surface area contributed by atoms with Gasteiger partial charge < -0.3 is 11.1 Å². The van der Waals surface area contributed by atoms with Crippen molar-refractivity contribution in [3.8, 4) is 11.1 Å². The molecule has 3 N–H and O–H groups in total. The van der Waals surface area contributed by atoms with E-state index in [-0.39, 0.29) is 17.7 Å². The zero-order valence-corrected chi connectivity index (χ0v) is 15.4. The van der Waals surface area contributed by atoms with Gasteiger partial charge in [0.25, 0.3) is 5.91 Å². The van der Waals surface area contributed by atoms with Gasteiger partial charge in [-0.05, 0) is 60.4 Å². The van der Waals surface area contributed by atoms with Crippen LogP contribution < -0.4 is 11.1 Å². The van der Waals surface area contributed by atoms with E-state index >= 15 is 0 Å². The van der Waals surface area contributed by atoms with Crippen LogP contribution in [-0.2, 0) is 6.42 Å². The van der Waals surface area contributed by atoms with Gasteiger partial charge in [0.15, 0.2) is 0 Å². The van der Waals surface area contributed by atoms with Crippen molar-refractivity contribution in [1.82, 2.24) is 15.3 Å². The van der Waals surface area contributed by atoms with Gasteiger partial charge in [-0.2, -0.15) is 0 Å². The molecule has 0 fully saturated rings. The number of halogens is 2. The molecule has 2 aromatic carbocycles. The monoisotopic (exact) mass is 380 g/mol. The van der Waals surface area contributed by atoms with Gasteiger partial charge in [0.2, 0.25) is 5.95 Å². The molecular formula is C21H18F2N4O. The number of nitrogens with zero attached hydrogens (tertiary/aromatic N) is 2. The topological polar surface area (TPSA) is 80.9 Å². The van der Waals surface area contributed by atoms with E-state index in [1.165, 1.54) is 24.3 Å². The SMILES string of the molecule is Cc1cc(F)ccc1-c1cc(F)ccc1C1Cc2nc(N)nc(C)c2C(=O)N1. The third-order valence-electron chi connectivity index (χ3n) is 4.98. The molecule has 1 unspecified atom stereocenters. The molecule has 0 saturated heterocycles. The number of aryl methyl sites for hydroxylation is 2. The lowest BCUT2D eigenvalue weighted by atomic mass is 9.87. The summed E-state index contributed by atoms with van der Waals surface area (Å²) in [6.07, 6.45) is 0.396. The Morgan fingerprint density at radius 2 is 1.75 bits per heavy atom. The summed E-state index contributed by atoms with van der Waals surface area (Å²) in [5.74, 6) is -0.956. The van der Waals surface area contributed by atoms with E-state index in [1.54, 1.807) is 26.0 Å². The number of carbonyl (C=O) groups excluding carboxylic acids is 1. The van der Waals surface area contributed by atoms with Gasteiger partial charge in [0.1, 0.15) is 11.6 Å². The zero-order chi connectivity index (χ0) is 20.0. The molecule has 1 atom stereocenters. The number of hydrogen-bond acceptors (Lipinski definition) is 4. The van der Waals surface area contributed by atoms with Crippen molar-refractivity contribution >= 4 is 11.9 Å². The summed E-state index contributed by atoms with van der Waals surface area (Å²) in [5, 5.41) is 2.95. The summed E-state index contributed by atoms with van der Waals surface area (Å²) in [6.45, 7) is 3.47. The number of nitrogens with one attached hydrogen (secondary N) is 1. The first-order valence-corrected chi connectivity index (χ1v) is 8.83. The smallest absolute Gasteiger partial charge is 0.255 e. The largest absolute Gasteiger partial charge is 0.368 e. The van der Waals surface area contributed by atoms with E-state index in [0.29, 0.717) is 40.1 Å². The number of anilines is 1. The van der Waals surface area contributed by atoms with E-state index in [9.17, 15) is 13.6 Å². The standard InChI is InChI=1S/C21H18F2N4O/c1-10-7-12(22)3-5-14(10)16-8-13(23)4-6-15(16)17-9-18-19(20(28)26-17)11(2)25-21(24)27-18/h3-8,17H,9H2,1-2H3,(H,26,28)(H2,24,25,27). The molecule has 0 radical (unpaired) electrons. The normalized spacial score (nSPS) is 15.9. The van der Waals surface area contributed by atoms with E-state index in [2.05, 4.69) is 15.3 Å². The number of fused-ring (bicyclic) bond motifs is 1. The molecule has 142 valence electrons. The quantitative estimate of drug-likeness (QED) is 0.711. The number of nitrogen functional groups attached to an aromatic ring is 1. The molecule has 1 aliphatic heterocycles. The molecule has 3 aromatic rings. The zero-order valence-electron chi connectivity index (χ0n) is 15.4. The highest BCUT2D eigenvalue weighted by molar-refractivity contribution is 5.98. The molecule has 1 amide bonds. The molecule has 0 spiro atoms. The van der Waals surface area contributed by atoms with Crippen molar-refractivity contribution < 1.29 is 13.6 Å². The highest BCUT2D eigenvalue weighted by Crippen LogP contribution is 2.35. The maximum absolute atomic E-state index is 14.0. The third-order valence-corrected chi connectivity index (χ3v) is 4.98. The van der Waals surface area contributed by atoms with Crippen molar-refractivity contribution in [2.24, 2.45) is 0 Å². The lowest BCUT2D eigenvalue weighted by Crippen LogP contribution is -2.37. The fourth-order valence-corrected chi connectivity index (χ4v) is 3.76. The van der Waals surface area contributed by atoms with Crippen LogP contribution in [0.3, 0.4) is 0 Å². The Morgan fingerprint density at radius 3 is 2.50 bits per heavy atom.